The molecule has 4 rings (SSSR count). The number of aromatic nitrogens is 1. The minimum absolute atomic E-state index is 0.0473. The summed E-state index contributed by atoms with van der Waals surface area (Å²) in [7, 11) is -3.07. The molecule has 1 unspecified atom stereocenters. The number of sulfone groups is 1. The summed E-state index contributed by atoms with van der Waals surface area (Å²) in [4.78, 5) is 19.4. The molecule has 0 radical (unpaired) electrons. The fraction of sp³-hybridized carbons (Fsp3) is 0.273. The van der Waals surface area contributed by atoms with Crippen LogP contribution in [0.3, 0.4) is 0 Å². The molecule has 156 valence electrons. The number of hydrogen-bond acceptors (Lipinski definition) is 6. The second-order valence-electron chi connectivity index (χ2n) is 7.22. The first-order valence-corrected chi connectivity index (χ1v) is 13.4. The van der Waals surface area contributed by atoms with Crippen LogP contribution in [0.25, 0.3) is 11.3 Å². The van der Waals surface area contributed by atoms with Crippen LogP contribution in [0.2, 0.25) is 0 Å². The number of thioether (sulfide) groups is 1. The number of carbonyl (C=O) groups is 1. The summed E-state index contributed by atoms with van der Waals surface area (Å²) in [6.07, 6.45) is 0.501. The van der Waals surface area contributed by atoms with Crippen molar-refractivity contribution in [3.63, 3.8) is 0 Å². The Kier molecular flexibility index (Phi) is 6.55. The molecule has 1 saturated heterocycles. The maximum absolute atomic E-state index is 13.1. The van der Waals surface area contributed by atoms with Gasteiger partial charge in [0.15, 0.2) is 14.2 Å². The third-order valence-electron chi connectivity index (χ3n) is 5.04. The Morgan fingerprint density at radius 2 is 1.80 bits per heavy atom. The van der Waals surface area contributed by atoms with E-state index in [1.54, 1.807) is 4.90 Å². The first-order chi connectivity index (χ1) is 14.5. The number of rotatable bonds is 7. The van der Waals surface area contributed by atoms with Gasteiger partial charge in [-0.2, -0.15) is 0 Å². The first kappa shape index (κ1) is 21.1. The summed E-state index contributed by atoms with van der Waals surface area (Å²) in [5, 5.41) is 1.99. The van der Waals surface area contributed by atoms with Gasteiger partial charge in [-0.1, -0.05) is 72.4 Å². The number of hydrogen-bond donors (Lipinski definition) is 0. The van der Waals surface area contributed by atoms with E-state index in [0.29, 0.717) is 13.0 Å². The lowest BCUT2D eigenvalue weighted by Crippen LogP contribution is -2.41. The Balaban J connectivity index is 1.44. The molecular weight excluding hydrogens is 436 g/mol. The molecule has 2 aromatic carbocycles. The molecule has 1 aliphatic rings. The number of amides is 1. The van der Waals surface area contributed by atoms with Gasteiger partial charge < -0.3 is 4.90 Å². The fourth-order valence-corrected chi connectivity index (χ4v) is 6.95. The molecule has 0 bridgehead atoms. The molecule has 1 fully saturated rings. The smallest absolute Gasteiger partial charge is 0.233 e. The summed E-state index contributed by atoms with van der Waals surface area (Å²) < 4.78 is 24.8. The standard InChI is InChI=1S/C22H22N2O3S3/c25-21(15-29-22-23-20(14-28-22)18-9-5-2-6-10-18)24(13-17-7-3-1-4-8-17)19-11-12-30(26,27)16-19/h1-10,14,19H,11-13,15-16H2. The minimum atomic E-state index is -3.07. The van der Waals surface area contributed by atoms with E-state index in [4.69, 9.17) is 0 Å². The SMILES string of the molecule is O=C(CSc1nc(-c2ccccc2)cs1)N(Cc1ccccc1)C1CCS(=O)(=O)C1. The third kappa shape index (κ3) is 5.30. The number of nitrogens with zero attached hydrogens (tertiary/aromatic N) is 2. The lowest BCUT2D eigenvalue weighted by Gasteiger charge is -2.28. The van der Waals surface area contributed by atoms with Crippen LogP contribution in [-0.2, 0) is 21.2 Å². The maximum atomic E-state index is 13.1. The molecule has 5 nitrogen and oxygen atoms in total. The van der Waals surface area contributed by atoms with E-state index in [2.05, 4.69) is 4.98 Å². The van der Waals surface area contributed by atoms with E-state index < -0.39 is 9.84 Å². The molecule has 0 spiro atoms. The van der Waals surface area contributed by atoms with Gasteiger partial charge in [-0.05, 0) is 12.0 Å². The lowest BCUT2D eigenvalue weighted by atomic mass is 10.1. The van der Waals surface area contributed by atoms with Crippen LogP contribution in [0.15, 0.2) is 70.4 Å². The number of benzene rings is 2. The zero-order chi connectivity index (χ0) is 21.0. The highest BCUT2D eigenvalue weighted by molar-refractivity contribution is 8.01. The van der Waals surface area contributed by atoms with Gasteiger partial charge in [0.2, 0.25) is 5.91 Å². The van der Waals surface area contributed by atoms with Crippen LogP contribution < -0.4 is 0 Å². The van der Waals surface area contributed by atoms with Gasteiger partial charge in [-0.15, -0.1) is 11.3 Å². The van der Waals surface area contributed by atoms with E-state index in [9.17, 15) is 13.2 Å². The van der Waals surface area contributed by atoms with E-state index >= 15 is 0 Å². The molecular formula is C22H22N2O3S3. The highest BCUT2D eigenvalue weighted by Crippen LogP contribution is 2.29. The third-order valence-corrected chi connectivity index (χ3v) is 8.79. The normalized spacial score (nSPS) is 17.7. The Morgan fingerprint density at radius 3 is 2.47 bits per heavy atom. The molecule has 0 saturated carbocycles. The summed E-state index contributed by atoms with van der Waals surface area (Å²) in [6.45, 7) is 0.424. The lowest BCUT2D eigenvalue weighted by molar-refractivity contribution is -0.130. The van der Waals surface area contributed by atoms with Crippen molar-refractivity contribution in [2.45, 2.75) is 23.3 Å². The summed E-state index contributed by atoms with van der Waals surface area (Å²) in [6, 6.07) is 19.4. The Morgan fingerprint density at radius 1 is 1.10 bits per heavy atom. The summed E-state index contributed by atoms with van der Waals surface area (Å²) in [5.41, 5.74) is 2.95. The van der Waals surface area contributed by atoms with Crippen LogP contribution in [0.4, 0.5) is 0 Å². The molecule has 1 amide bonds. The van der Waals surface area contributed by atoms with Gasteiger partial charge in [0.05, 0.1) is 23.0 Å². The summed E-state index contributed by atoms with van der Waals surface area (Å²) >= 11 is 2.93. The van der Waals surface area contributed by atoms with Crippen molar-refractivity contribution >= 4 is 38.8 Å². The molecule has 30 heavy (non-hydrogen) atoms. The Hall–Kier alpha value is -2.16. The van der Waals surface area contributed by atoms with Gasteiger partial charge in [0.25, 0.3) is 0 Å². The zero-order valence-corrected chi connectivity index (χ0v) is 18.8. The molecule has 1 atom stereocenters. The summed E-state index contributed by atoms with van der Waals surface area (Å²) in [5.74, 6) is 0.384. The molecule has 0 N–H and O–H groups in total. The molecule has 1 aliphatic heterocycles. The Labute approximate surface area is 185 Å². The van der Waals surface area contributed by atoms with Crippen LogP contribution >= 0.6 is 23.1 Å². The van der Waals surface area contributed by atoms with E-state index in [1.165, 1.54) is 23.1 Å². The number of carbonyl (C=O) groups excluding carboxylic acids is 1. The molecule has 2 heterocycles. The van der Waals surface area contributed by atoms with E-state index in [1.807, 2.05) is 66.0 Å². The molecule has 0 aliphatic carbocycles. The van der Waals surface area contributed by atoms with Crippen LogP contribution in [-0.4, -0.2) is 47.5 Å². The fourth-order valence-electron chi connectivity index (χ4n) is 3.49. The van der Waals surface area contributed by atoms with Crippen LogP contribution in [0.5, 0.6) is 0 Å². The second kappa shape index (κ2) is 9.32. The largest absolute Gasteiger partial charge is 0.334 e. The van der Waals surface area contributed by atoms with Crippen LogP contribution in [0.1, 0.15) is 12.0 Å². The highest BCUT2D eigenvalue weighted by Gasteiger charge is 2.34. The van der Waals surface area contributed by atoms with Gasteiger partial charge in [-0.25, -0.2) is 13.4 Å². The van der Waals surface area contributed by atoms with Crippen molar-refractivity contribution in [3.05, 3.63) is 71.6 Å². The predicted molar refractivity (Wildman–Crippen MR) is 122 cm³/mol. The minimum Gasteiger partial charge on any atom is -0.334 e. The van der Waals surface area contributed by atoms with Crippen molar-refractivity contribution in [3.8, 4) is 11.3 Å². The van der Waals surface area contributed by atoms with Gasteiger partial charge in [0.1, 0.15) is 0 Å². The van der Waals surface area contributed by atoms with Crippen molar-refractivity contribution in [1.29, 1.82) is 0 Å². The van der Waals surface area contributed by atoms with Gasteiger partial charge >= 0.3 is 0 Å². The number of thiazole rings is 1. The van der Waals surface area contributed by atoms with E-state index in [-0.39, 0.29) is 29.2 Å². The average Bonchev–Trinajstić information content (AvgIpc) is 3.38. The van der Waals surface area contributed by atoms with Gasteiger partial charge in [-0.3, -0.25) is 4.79 Å². The first-order valence-electron chi connectivity index (χ1n) is 9.68. The maximum Gasteiger partial charge on any atom is 0.233 e. The van der Waals surface area contributed by atoms with Crippen molar-refractivity contribution in [2.75, 3.05) is 17.3 Å². The van der Waals surface area contributed by atoms with Crippen LogP contribution in [0, 0.1) is 0 Å². The Bertz CT molecular complexity index is 1100. The van der Waals surface area contributed by atoms with Gasteiger partial charge in [0, 0.05) is 23.5 Å². The predicted octanol–water partition coefficient (Wildman–Crippen LogP) is 4.12. The van der Waals surface area contributed by atoms with Crippen molar-refractivity contribution in [2.24, 2.45) is 0 Å². The van der Waals surface area contributed by atoms with Crippen molar-refractivity contribution in [1.82, 2.24) is 9.88 Å². The quantitative estimate of drug-likeness (QED) is 0.498. The molecule has 1 aromatic heterocycles. The molecule has 8 heteroatoms. The zero-order valence-electron chi connectivity index (χ0n) is 16.3. The second-order valence-corrected chi connectivity index (χ2v) is 11.5. The average molecular weight is 459 g/mol. The topological polar surface area (TPSA) is 67.3 Å². The monoisotopic (exact) mass is 458 g/mol. The highest BCUT2D eigenvalue weighted by atomic mass is 32.2. The van der Waals surface area contributed by atoms with E-state index in [0.717, 1.165) is 21.2 Å². The molecule has 3 aromatic rings. The van der Waals surface area contributed by atoms with Crippen molar-refractivity contribution < 1.29 is 13.2 Å².